The molecule has 176 valence electrons. The van der Waals surface area contributed by atoms with Crippen molar-refractivity contribution in [3.8, 4) is 11.6 Å². The molecule has 4 aromatic rings. The molecule has 0 unspecified atom stereocenters. The van der Waals surface area contributed by atoms with E-state index in [9.17, 15) is 9.18 Å². The normalized spacial score (nSPS) is 11.4. The van der Waals surface area contributed by atoms with E-state index in [0.717, 1.165) is 18.1 Å². The van der Waals surface area contributed by atoms with Gasteiger partial charge in [0.25, 0.3) is 5.91 Å². The Morgan fingerprint density at radius 2 is 2.06 bits per heavy atom. The Balaban J connectivity index is 1.79. The van der Waals surface area contributed by atoms with E-state index < -0.39 is 23.3 Å². The number of aromatic nitrogens is 5. The zero-order valence-corrected chi connectivity index (χ0v) is 19.0. The number of nitrogens with zero attached hydrogens (tertiary/aromatic N) is 4. The first kappa shape index (κ1) is 22.9. The van der Waals surface area contributed by atoms with Crippen molar-refractivity contribution < 1.29 is 18.3 Å². The van der Waals surface area contributed by atoms with Gasteiger partial charge in [0.1, 0.15) is 11.9 Å². The molecule has 0 radical (unpaired) electrons. The number of aryl methyl sites for hydroxylation is 1. The minimum Gasteiger partial charge on any atom is -0.435 e. The van der Waals surface area contributed by atoms with E-state index in [0.29, 0.717) is 18.1 Å². The van der Waals surface area contributed by atoms with E-state index in [4.69, 9.17) is 4.74 Å². The number of carbonyl (C=O) groups is 1. The molecule has 0 fully saturated rings. The van der Waals surface area contributed by atoms with Gasteiger partial charge in [0, 0.05) is 36.8 Å². The van der Waals surface area contributed by atoms with Gasteiger partial charge in [0.05, 0.1) is 11.2 Å². The van der Waals surface area contributed by atoms with E-state index >= 15 is 4.39 Å². The van der Waals surface area contributed by atoms with Crippen molar-refractivity contribution in [2.45, 2.75) is 20.8 Å². The minimum atomic E-state index is -0.778. The number of halogens is 2. The Kier molecular flexibility index (Phi) is 6.26. The molecule has 0 saturated heterocycles. The van der Waals surface area contributed by atoms with E-state index in [2.05, 4.69) is 30.5 Å². The van der Waals surface area contributed by atoms with Crippen LogP contribution in [0, 0.1) is 18.6 Å². The van der Waals surface area contributed by atoms with Crippen LogP contribution in [0.15, 0.2) is 30.6 Å². The fraction of sp³-hybridized carbons (Fsp3) is 0.217. The van der Waals surface area contributed by atoms with Gasteiger partial charge >= 0.3 is 0 Å². The topological polar surface area (TPSA) is 112 Å². The summed E-state index contributed by atoms with van der Waals surface area (Å²) in [7, 11) is 1.59. The number of allylic oxidation sites excluding steroid dienone is 1. The van der Waals surface area contributed by atoms with E-state index in [1.807, 2.05) is 19.1 Å². The van der Waals surface area contributed by atoms with Gasteiger partial charge in [0.2, 0.25) is 5.88 Å². The average Bonchev–Trinajstić information content (AvgIpc) is 3.43. The zero-order chi connectivity index (χ0) is 24.4. The highest BCUT2D eigenvalue weighted by Crippen LogP contribution is 2.35. The summed E-state index contributed by atoms with van der Waals surface area (Å²) in [5.41, 5.74) is 1.31. The number of carbonyl (C=O) groups excluding carboxylic acids is 1. The lowest BCUT2D eigenvalue weighted by atomic mass is 10.2. The standard InChI is InChI=1S/C23H23F2N7O2/c1-5-7-13-9-17(31-30-13)29-21-18(23(33)32(4)6-2)22(27-11-26-21)34-16-10-15(24)20-14(19(16)25)8-12(3)28-20/h5,7-11,28H,6H2,1-4H3,(H2,26,27,29,30,31)/b7-5+. The summed E-state index contributed by atoms with van der Waals surface area (Å²) in [6.07, 6.45) is 4.82. The molecular formula is C23H23F2N7O2. The molecular weight excluding hydrogens is 444 g/mol. The van der Waals surface area contributed by atoms with Crippen molar-refractivity contribution in [2.24, 2.45) is 0 Å². The van der Waals surface area contributed by atoms with Crippen molar-refractivity contribution in [3.05, 3.63) is 59.2 Å². The lowest BCUT2D eigenvalue weighted by Gasteiger charge is -2.19. The van der Waals surface area contributed by atoms with Crippen LogP contribution in [-0.4, -0.2) is 49.5 Å². The Morgan fingerprint density at radius 3 is 2.79 bits per heavy atom. The molecule has 4 rings (SSSR count). The van der Waals surface area contributed by atoms with E-state index in [-0.39, 0.29) is 28.2 Å². The van der Waals surface area contributed by atoms with Gasteiger partial charge in [-0.05, 0) is 32.9 Å². The highest BCUT2D eigenvalue weighted by atomic mass is 19.1. The van der Waals surface area contributed by atoms with Crippen LogP contribution in [0.1, 0.15) is 35.6 Å². The molecule has 0 aliphatic rings. The van der Waals surface area contributed by atoms with Crippen LogP contribution in [0.3, 0.4) is 0 Å². The molecule has 0 spiro atoms. The summed E-state index contributed by atoms with van der Waals surface area (Å²) in [6.45, 7) is 5.74. The van der Waals surface area contributed by atoms with Crippen LogP contribution in [-0.2, 0) is 0 Å². The summed E-state index contributed by atoms with van der Waals surface area (Å²) in [5, 5.41) is 9.98. The number of hydrogen-bond donors (Lipinski definition) is 3. The molecule has 1 aromatic carbocycles. The second-order valence-electron chi connectivity index (χ2n) is 7.57. The number of amides is 1. The lowest BCUT2D eigenvalue weighted by molar-refractivity contribution is 0.0799. The van der Waals surface area contributed by atoms with Gasteiger partial charge in [-0.3, -0.25) is 9.89 Å². The van der Waals surface area contributed by atoms with Gasteiger partial charge in [-0.1, -0.05) is 6.08 Å². The first-order valence-corrected chi connectivity index (χ1v) is 10.5. The molecule has 1 amide bonds. The first-order valence-electron chi connectivity index (χ1n) is 10.5. The van der Waals surface area contributed by atoms with E-state index in [1.54, 1.807) is 27.0 Å². The summed E-state index contributed by atoms with van der Waals surface area (Å²) in [6, 6.07) is 4.11. The summed E-state index contributed by atoms with van der Waals surface area (Å²) in [4.78, 5) is 25.6. The van der Waals surface area contributed by atoms with Crippen LogP contribution < -0.4 is 10.1 Å². The van der Waals surface area contributed by atoms with E-state index in [1.165, 1.54) is 11.0 Å². The molecule has 0 bridgehead atoms. The fourth-order valence-corrected chi connectivity index (χ4v) is 3.37. The molecule has 3 heterocycles. The highest BCUT2D eigenvalue weighted by molar-refractivity contribution is 6.01. The van der Waals surface area contributed by atoms with Crippen LogP contribution >= 0.6 is 0 Å². The van der Waals surface area contributed by atoms with Crippen molar-refractivity contribution >= 4 is 34.5 Å². The molecule has 34 heavy (non-hydrogen) atoms. The van der Waals surface area contributed by atoms with Crippen LogP contribution in [0.25, 0.3) is 17.0 Å². The molecule has 3 N–H and O–H groups in total. The molecule has 11 heteroatoms. The SMILES string of the molecule is C/C=C/c1cc(Nc2ncnc(Oc3cc(F)c4[nH]c(C)cc4c3F)c2C(=O)N(C)CC)n[nH]1. The smallest absolute Gasteiger partial charge is 0.262 e. The average molecular weight is 467 g/mol. The molecule has 0 aliphatic carbocycles. The van der Waals surface area contributed by atoms with Gasteiger partial charge in [0.15, 0.2) is 29.0 Å². The largest absolute Gasteiger partial charge is 0.435 e. The number of anilines is 2. The summed E-state index contributed by atoms with van der Waals surface area (Å²) < 4.78 is 35.4. The quantitative estimate of drug-likeness (QED) is 0.355. The predicted molar refractivity (Wildman–Crippen MR) is 124 cm³/mol. The second kappa shape index (κ2) is 9.30. The number of H-pyrrole nitrogens is 2. The molecule has 0 aliphatic heterocycles. The van der Waals surface area contributed by atoms with Gasteiger partial charge in [-0.2, -0.15) is 5.10 Å². The van der Waals surface area contributed by atoms with Crippen molar-refractivity contribution in [2.75, 3.05) is 18.9 Å². The van der Waals surface area contributed by atoms with Gasteiger partial charge in [-0.25, -0.2) is 18.7 Å². The number of nitrogens with one attached hydrogen (secondary N) is 3. The Bertz CT molecular complexity index is 1390. The van der Waals surface area contributed by atoms with Gasteiger partial charge in [-0.15, -0.1) is 0 Å². The monoisotopic (exact) mass is 467 g/mol. The van der Waals surface area contributed by atoms with Crippen LogP contribution in [0.5, 0.6) is 11.6 Å². The predicted octanol–water partition coefficient (Wildman–Crippen LogP) is 4.93. The first-order chi connectivity index (χ1) is 16.3. The fourth-order valence-electron chi connectivity index (χ4n) is 3.37. The van der Waals surface area contributed by atoms with Crippen molar-refractivity contribution in [3.63, 3.8) is 0 Å². The molecule has 9 nitrogen and oxygen atoms in total. The number of benzene rings is 1. The third-order valence-corrected chi connectivity index (χ3v) is 5.15. The molecule has 3 aromatic heterocycles. The van der Waals surface area contributed by atoms with Crippen molar-refractivity contribution in [1.29, 1.82) is 0 Å². The highest BCUT2D eigenvalue weighted by Gasteiger charge is 2.26. The number of fused-ring (bicyclic) bond motifs is 1. The summed E-state index contributed by atoms with van der Waals surface area (Å²) in [5.74, 6) is -2.07. The Morgan fingerprint density at radius 1 is 1.26 bits per heavy atom. The third-order valence-electron chi connectivity index (χ3n) is 5.15. The van der Waals surface area contributed by atoms with Crippen LogP contribution in [0.2, 0.25) is 0 Å². The van der Waals surface area contributed by atoms with Gasteiger partial charge < -0.3 is 19.9 Å². The lowest BCUT2D eigenvalue weighted by Crippen LogP contribution is -2.28. The maximum Gasteiger partial charge on any atom is 0.262 e. The van der Waals surface area contributed by atoms with Crippen LogP contribution in [0.4, 0.5) is 20.4 Å². The second-order valence-corrected chi connectivity index (χ2v) is 7.57. The Labute approximate surface area is 193 Å². The molecule has 0 saturated carbocycles. The number of ether oxygens (including phenoxy) is 1. The number of aromatic amines is 2. The van der Waals surface area contributed by atoms with Crippen molar-refractivity contribution in [1.82, 2.24) is 30.0 Å². The maximum absolute atomic E-state index is 15.1. The maximum atomic E-state index is 15.1. The number of hydrogen-bond acceptors (Lipinski definition) is 6. The summed E-state index contributed by atoms with van der Waals surface area (Å²) >= 11 is 0. The zero-order valence-electron chi connectivity index (χ0n) is 19.0. The minimum absolute atomic E-state index is 0.0323. The third kappa shape index (κ3) is 4.32. The Hall–Kier alpha value is -4.28. The molecule has 0 atom stereocenters. The number of rotatable bonds is 7.